The van der Waals surface area contributed by atoms with Gasteiger partial charge >= 0.3 is 0 Å². The minimum atomic E-state index is -0.460. The zero-order chi connectivity index (χ0) is 15.6. The molecule has 1 saturated heterocycles. The molecule has 3 rings (SSSR count). The highest BCUT2D eigenvalue weighted by atomic mass is 16.5. The largest absolute Gasteiger partial charge is 0.379 e. The van der Waals surface area contributed by atoms with E-state index in [0.717, 1.165) is 51.2 Å². The van der Waals surface area contributed by atoms with Gasteiger partial charge in [0.15, 0.2) is 0 Å². The normalized spacial score (nSPS) is 31.4. The number of rotatable bonds is 4. The van der Waals surface area contributed by atoms with Gasteiger partial charge in [0, 0.05) is 12.5 Å². The fourth-order valence-corrected chi connectivity index (χ4v) is 3.85. The van der Waals surface area contributed by atoms with E-state index < -0.39 is 5.54 Å². The van der Waals surface area contributed by atoms with Crippen LogP contribution in [0, 0.1) is 11.8 Å². The van der Waals surface area contributed by atoms with E-state index in [2.05, 4.69) is 24.5 Å². The summed E-state index contributed by atoms with van der Waals surface area (Å²) >= 11 is 0. The first kappa shape index (κ1) is 15.9. The molecule has 2 N–H and O–H groups in total. The van der Waals surface area contributed by atoms with Crippen LogP contribution in [0.2, 0.25) is 0 Å². The summed E-state index contributed by atoms with van der Waals surface area (Å²) in [5, 5.41) is 6.42. The number of carbonyl (C=O) groups is 1. The Kier molecular flexibility index (Phi) is 4.83. The van der Waals surface area contributed by atoms with Gasteiger partial charge in [-0.1, -0.05) is 0 Å². The average Bonchev–Trinajstić information content (AvgIpc) is 2.83. The zero-order valence-corrected chi connectivity index (χ0v) is 13.9. The fourth-order valence-electron chi connectivity index (χ4n) is 3.85. The molecule has 2 heterocycles. The lowest BCUT2D eigenvalue weighted by molar-refractivity contribution is -0.124. The standard InChI is InChI=1S/C17H29N3O2/c1-12(2)22-11-13-3-5-14(6-4-13)15-19-16(21)17(20-15)7-9-18-10-8-17/h12-14,18H,3-11H2,1-2H3,(H,19,20,21). The highest BCUT2D eigenvalue weighted by Crippen LogP contribution is 2.34. The Labute approximate surface area is 133 Å². The molecule has 22 heavy (non-hydrogen) atoms. The minimum absolute atomic E-state index is 0.134. The fraction of sp³-hybridized carbons (Fsp3) is 0.882. The predicted molar refractivity (Wildman–Crippen MR) is 86.9 cm³/mol. The molecule has 5 heteroatoms. The molecule has 0 aromatic heterocycles. The summed E-state index contributed by atoms with van der Waals surface area (Å²) in [6, 6.07) is 0. The van der Waals surface area contributed by atoms with Crippen LogP contribution < -0.4 is 10.6 Å². The maximum atomic E-state index is 12.4. The molecule has 5 nitrogen and oxygen atoms in total. The summed E-state index contributed by atoms with van der Waals surface area (Å²) in [5.41, 5.74) is -0.460. The molecular weight excluding hydrogens is 278 g/mol. The van der Waals surface area contributed by atoms with Crippen molar-refractivity contribution in [3.8, 4) is 0 Å². The first-order chi connectivity index (χ1) is 10.6. The number of ether oxygens (including phenoxy) is 1. The molecule has 124 valence electrons. The quantitative estimate of drug-likeness (QED) is 0.833. The van der Waals surface area contributed by atoms with E-state index in [1.165, 1.54) is 12.8 Å². The number of piperidine rings is 1. The molecule has 1 spiro atoms. The SMILES string of the molecule is CC(C)OCC1CCC(C2=NC3(CCNCC3)C(=O)N2)CC1. The van der Waals surface area contributed by atoms with Crippen LogP contribution in [0.15, 0.2) is 4.99 Å². The summed E-state index contributed by atoms with van der Waals surface area (Å²) in [7, 11) is 0. The number of hydrogen-bond donors (Lipinski definition) is 2. The number of amidine groups is 1. The van der Waals surface area contributed by atoms with Crippen molar-refractivity contribution < 1.29 is 9.53 Å². The Morgan fingerprint density at radius 1 is 1.23 bits per heavy atom. The molecule has 0 radical (unpaired) electrons. The van der Waals surface area contributed by atoms with E-state index >= 15 is 0 Å². The summed E-state index contributed by atoms with van der Waals surface area (Å²) < 4.78 is 5.74. The van der Waals surface area contributed by atoms with Gasteiger partial charge in [0.2, 0.25) is 0 Å². The molecule has 0 aromatic rings. The summed E-state index contributed by atoms with van der Waals surface area (Å²) in [4.78, 5) is 17.2. The van der Waals surface area contributed by atoms with Crippen LogP contribution in [0.25, 0.3) is 0 Å². The number of aliphatic imine (C=N–C) groups is 1. The Hall–Kier alpha value is -0.940. The van der Waals surface area contributed by atoms with Crippen molar-refractivity contribution in [3.63, 3.8) is 0 Å². The molecule has 1 saturated carbocycles. The molecule has 2 aliphatic heterocycles. The van der Waals surface area contributed by atoms with Gasteiger partial charge in [0.1, 0.15) is 11.4 Å². The van der Waals surface area contributed by atoms with Gasteiger partial charge in [-0.25, -0.2) is 0 Å². The summed E-state index contributed by atoms with van der Waals surface area (Å²) in [6.07, 6.45) is 6.59. The highest BCUT2D eigenvalue weighted by Gasteiger charge is 2.45. The first-order valence-corrected chi connectivity index (χ1v) is 8.82. The topological polar surface area (TPSA) is 62.7 Å². The maximum Gasteiger partial charge on any atom is 0.253 e. The highest BCUT2D eigenvalue weighted by molar-refractivity contribution is 6.09. The Bertz CT molecular complexity index is 433. The average molecular weight is 307 g/mol. The van der Waals surface area contributed by atoms with Crippen LogP contribution >= 0.6 is 0 Å². The molecule has 2 fully saturated rings. The summed E-state index contributed by atoms with van der Waals surface area (Å²) in [5.74, 6) is 2.21. The second kappa shape index (κ2) is 6.67. The molecule has 1 amide bonds. The van der Waals surface area contributed by atoms with E-state index in [1.54, 1.807) is 0 Å². The van der Waals surface area contributed by atoms with E-state index in [-0.39, 0.29) is 5.91 Å². The lowest BCUT2D eigenvalue weighted by atomic mass is 9.81. The van der Waals surface area contributed by atoms with E-state index in [9.17, 15) is 4.79 Å². The van der Waals surface area contributed by atoms with E-state index in [1.807, 2.05) is 0 Å². The van der Waals surface area contributed by atoms with E-state index in [4.69, 9.17) is 9.73 Å². The molecule has 0 bridgehead atoms. The lowest BCUT2D eigenvalue weighted by Crippen LogP contribution is -2.47. The predicted octanol–water partition coefficient (Wildman–Crippen LogP) is 1.87. The molecule has 0 aromatic carbocycles. The molecule has 0 atom stereocenters. The third kappa shape index (κ3) is 3.35. The second-order valence-electron chi connectivity index (χ2n) is 7.33. The van der Waals surface area contributed by atoms with Gasteiger partial charge in [-0.15, -0.1) is 0 Å². The van der Waals surface area contributed by atoms with Gasteiger partial charge in [0.05, 0.1) is 6.10 Å². The summed E-state index contributed by atoms with van der Waals surface area (Å²) in [6.45, 7) is 6.84. The number of amides is 1. The van der Waals surface area contributed by atoms with Gasteiger partial charge in [0.25, 0.3) is 5.91 Å². The lowest BCUT2D eigenvalue weighted by Gasteiger charge is -2.29. The third-order valence-electron chi connectivity index (χ3n) is 5.33. The molecular formula is C17H29N3O2. The number of nitrogens with one attached hydrogen (secondary N) is 2. The van der Waals surface area contributed by atoms with E-state index in [0.29, 0.717) is 17.9 Å². The first-order valence-electron chi connectivity index (χ1n) is 8.82. The van der Waals surface area contributed by atoms with Crippen LogP contribution in [0.5, 0.6) is 0 Å². The van der Waals surface area contributed by atoms with Gasteiger partial charge < -0.3 is 15.4 Å². The smallest absolute Gasteiger partial charge is 0.253 e. The van der Waals surface area contributed by atoms with Gasteiger partial charge in [-0.3, -0.25) is 9.79 Å². The minimum Gasteiger partial charge on any atom is -0.379 e. The van der Waals surface area contributed by atoms with Crippen molar-refractivity contribution in [2.24, 2.45) is 16.8 Å². The maximum absolute atomic E-state index is 12.4. The number of hydrogen-bond acceptors (Lipinski definition) is 4. The zero-order valence-electron chi connectivity index (χ0n) is 13.9. The second-order valence-corrected chi connectivity index (χ2v) is 7.33. The van der Waals surface area contributed by atoms with Gasteiger partial charge in [-0.2, -0.15) is 0 Å². The molecule has 0 unspecified atom stereocenters. The van der Waals surface area contributed by atoms with Crippen molar-refractivity contribution in [1.82, 2.24) is 10.6 Å². The van der Waals surface area contributed by atoms with Crippen LogP contribution in [0.3, 0.4) is 0 Å². The monoisotopic (exact) mass is 307 g/mol. The van der Waals surface area contributed by atoms with Crippen molar-refractivity contribution in [2.75, 3.05) is 19.7 Å². The van der Waals surface area contributed by atoms with Crippen LogP contribution in [-0.4, -0.2) is 43.1 Å². The van der Waals surface area contributed by atoms with Crippen molar-refractivity contribution in [3.05, 3.63) is 0 Å². The number of carbonyl (C=O) groups excluding carboxylic acids is 1. The van der Waals surface area contributed by atoms with Crippen molar-refractivity contribution in [2.45, 2.75) is 64.0 Å². The Morgan fingerprint density at radius 3 is 2.55 bits per heavy atom. The molecule has 3 aliphatic rings. The Morgan fingerprint density at radius 2 is 1.91 bits per heavy atom. The third-order valence-corrected chi connectivity index (χ3v) is 5.33. The van der Waals surface area contributed by atoms with Crippen LogP contribution in [-0.2, 0) is 9.53 Å². The number of nitrogens with zero attached hydrogens (tertiary/aromatic N) is 1. The Balaban J connectivity index is 1.55. The van der Waals surface area contributed by atoms with Crippen molar-refractivity contribution >= 4 is 11.7 Å². The van der Waals surface area contributed by atoms with Crippen molar-refractivity contribution in [1.29, 1.82) is 0 Å². The van der Waals surface area contributed by atoms with Gasteiger partial charge in [-0.05, 0) is 71.4 Å². The van der Waals surface area contributed by atoms with Crippen LogP contribution in [0.1, 0.15) is 52.4 Å². The van der Waals surface area contributed by atoms with Crippen LogP contribution in [0.4, 0.5) is 0 Å². The molecule has 1 aliphatic carbocycles.